The van der Waals surface area contributed by atoms with Crippen molar-refractivity contribution in [2.45, 2.75) is 31.9 Å². The SMILES string of the molecule is CC1OCCC1C(N)Cc1ccc(F)c(F)c1. The highest BCUT2D eigenvalue weighted by atomic mass is 19.2. The van der Waals surface area contributed by atoms with Gasteiger partial charge in [-0.15, -0.1) is 0 Å². The Labute approximate surface area is 99.8 Å². The first-order chi connectivity index (χ1) is 8.08. The van der Waals surface area contributed by atoms with Gasteiger partial charge in [0.15, 0.2) is 11.6 Å². The highest BCUT2D eigenvalue weighted by Gasteiger charge is 2.29. The average molecular weight is 241 g/mol. The van der Waals surface area contributed by atoms with Gasteiger partial charge in [0, 0.05) is 18.6 Å². The van der Waals surface area contributed by atoms with E-state index in [4.69, 9.17) is 10.5 Å². The quantitative estimate of drug-likeness (QED) is 0.881. The molecule has 1 aliphatic rings. The molecule has 1 saturated heterocycles. The van der Waals surface area contributed by atoms with Crippen molar-refractivity contribution in [1.29, 1.82) is 0 Å². The second kappa shape index (κ2) is 5.10. The average Bonchev–Trinajstić information content (AvgIpc) is 2.70. The predicted molar refractivity (Wildman–Crippen MR) is 61.6 cm³/mol. The van der Waals surface area contributed by atoms with Gasteiger partial charge in [-0.2, -0.15) is 0 Å². The lowest BCUT2D eigenvalue weighted by molar-refractivity contribution is 0.0995. The largest absolute Gasteiger partial charge is 0.378 e. The van der Waals surface area contributed by atoms with Crippen molar-refractivity contribution < 1.29 is 13.5 Å². The Balaban J connectivity index is 2.02. The lowest BCUT2D eigenvalue weighted by atomic mass is 9.89. The lowest BCUT2D eigenvalue weighted by Gasteiger charge is -2.22. The van der Waals surface area contributed by atoms with Gasteiger partial charge < -0.3 is 10.5 Å². The van der Waals surface area contributed by atoms with Gasteiger partial charge in [-0.05, 0) is 37.5 Å². The summed E-state index contributed by atoms with van der Waals surface area (Å²) in [5.74, 6) is -1.34. The number of hydrogen-bond acceptors (Lipinski definition) is 2. The van der Waals surface area contributed by atoms with Crippen LogP contribution in [0.25, 0.3) is 0 Å². The second-order valence-corrected chi connectivity index (χ2v) is 4.64. The molecule has 2 rings (SSSR count). The van der Waals surface area contributed by atoms with Crippen molar-refractivity contribution in [3.05, 3.63) is 35.4 Å². The molecule has 0 aliphatic carbocycles. The van der Waals surface area contributed by atoms with Crippen LogP contribution in [0, 0.1) is 17.6 Å². The molecule has 2 nitrogen and oxygen atoms in total. The van der Waals surface area contributed by atoms with E-state index >= 15 is 0 Å². The Morgan fingerprint density at radius 3 is 2.76 bits per heavy atom. The third-order valence-electron chi connectivity index (χ3n) is 3.44. The first-order valence-electron chi connectivity index (χ1n) is 5.89. The van der Waals surface area contributed by atoms with E-state index in [2.05, 4.69) is 0 Å². The molecule has 0 spiro atoms. The molecule has 94 valence electrons. The van der Waals surface area contributed by atoms with Crippen molar-refractivity contribution in [3.8, 4) is 0 Å². The molecule has 1 aliphatic heterocycles. The van der Waals surface area contributed by atoms with Crippen molar-refractivity contribution in [2.75, 3.05) is 6.61 Å². The van der Waals surface area contributed by atoms with E-state index < -0.39 is 11.6 Å². The van der Waals surface area contributed by atoms with Crippen LogP contribution in [0.4, 0.5) is 8.78 Å². The Bertz CT molecular complexity index is 397. The van der Waals surface area contributed by atoms with Gasteiger partial charge in [-0.25, -0.2) is 8.78 Å². The summed E-state index contributed by atoms with van der Waals surface area (Å²) in [6, 6.07) is 3.87. The third-order valence-corrected chi connectivity index (χ3v) is 3.44. The van der Waals surface area contributed by atoms with E-state index in [9.17, 15) is 8.78 Å². The Morgan fingerprint density at radius 2 is 2.18 bits per heavy atom. The molecule has 4 heteroatoms. The molecular formula is C13H17F2NO. The molecule has 17 heavy (non-hydrogen) atoms. The summed E-state index contributed by atoms with van der Waals surface area (Å²) in [6.07, 6.45) is 1.64. The smallest absolute Gasteiger partial charge is 0.159 e. The van der Waals surface area contributed by atoms with E-state index in [-0.39, 0.29) is 12.1 Å². The summed E-state index contributed by atoms with van der Waals surface area (Å²) in [7, 11) is 0. The normalized spacial score (nSPS) is 26.1. The molecule has 0 bridgehead atoms. The van der Waals surface area contributed by atoms with Gasteiger partial charge in [0.25, 0.3) is 0 Å². The Hall–Kier alpha value is -1.00. The van der Waals surface area contributed by atoms with E-state index in [1.165, 1.54) is 6.07 Å². The van der Waals surface area contributed by atoms with Gasteiger partial charge in [0.05, 0.1) is 6.10 Å². The number of hydrogen-bond donors (Lipinski definition) is 1. The summed E-state index contributed by atoms with van der Waals surface area (Å²) in [5.41, 5.74) is 6.83. The van der Waals surface area contributed by atoms with Crippen LogP contribution in [-0.4, -0.2) is 18.8 Å². The Morgan fingerprint density at radius 1 is 1.41 bits per heavy atom. The molecule has 1 aromatic carbocycles. The highest BCUT2D eigenvalue weighted by Crippen LogP contribution is 2.25. The van der Waals surface area contributed by atoms with E-state index in [1.807, 2.05) is 6.92 Å². The first-order valence-corrected chi connectivity index (χ1v) is 5.89. The molecule has 3 atom stereocenters. The highest BCUT2D eigenvalue weighted by molar-refractivity contribution is 5.19. The lowest BCUT2D eigenvalue weighted by Crippen LogP contribution is -2.36. The van der Waals surface area contributed by atoms with Crippen molar-refractivity contribution >= 4 is 0 Å². The number of rotatable bonds is 3. The van der Waals surface area contributed by atoms with Crippen LogP contribution in [0.15, 0.2) is 18.2 Å². The molecule has 0 amide bonds. The molecule has 0 saturated carbocycles. The monoisotopic (exact) mass is 241 g/mol. The zero-order chi connectivity index (χ0) is 12.4. The molecular weight excluding hydrogens is 224 g/mol. The summed E-state index contributed by atoms with van der Waals surface area (Å²) >= 11 is 0. The van der Waals surface area contributed by atoms with Crippen LogP contribution in [0.1, 0.15) is 18.9 Å². The minimum atomic E-state index is -0.820. The minimum absolute atomic E-state index is 0.0719. The molecule has 3 unspecified atom stereocenters. The van der Waals surface area contributed by atoms with Crippen LogP contribution >= 0.6 is 0 Å². The van der Waals surface area contributed by atoms with Gasteiger partial charge in [-0.1, -0.05) is 6.07 Å². The van der Waals surface area contributed by atoms with Crippen molar-refractivity contribution in [3.63, 3.8) is 0 Å². The number of benzene rings is 1. The zero-order valence-electron chi connectivity index (χ0n) is 9.83. The Kier molecular flexibility index (Phi) is 3.74. The summed E-state index contributed by atoms with van der Waals surface area (Å²) in [4.78, 5) is 0. The predicted octanol–water partition coefficient (Wildman–Crippen LogP) is 2.26. The zero-order valence-corrected chi connectivity index (χ0v) is 9.83. The second-order valence-electron chi connectivity index (χ2n) is 4.64. The summed E-state index contributed by atoms with van der Waals surface area (Å²) in [6.45, 7) is 2.74. The van der Waals surface area contributed by atoms with Gasteiger partial charge in [0.2, 0.25) is 0 Å². The molecule has 2 N–H and O–H groups in total. The van der Waals surface area contributed by atoms with Crippen LogP contribution < -0.4 is 5.73 Å². The minimum Gasteiger partial charge on any atom is -0.378 e. The standard InChI is InChI=1S/C13H17F2NO/c1-8-10(4-5-17-8)13(16)7-9-2-3-11(14)12(15)6-9/h2-3,6,8,10,13H,4-5,7,16H2,1H3. The number of halogens is 2. The fourth-order valence-electron chi connectivity index (χ4n) is 2.40. The number of nitrogens with two attached hydrogens (primary N) is 1. The van der Waals surface area contributed by atoms with E-state index in [0.717, 1.165) is 24.7 Å². The van der Waals surface area contributed by atoms with E-state index in [0.29, 0.717) is 12.3 Å². The van der Waals surface area contributed by atoms with Crippen LogP contribution in [0.2, 0.25) is 0 Å². The molecule has 1 fully saturated rings. The van der Waals surface area contributed by atoms with Gasteiger partial charge in [-0.3, -0.25) is 0 Å². The van der Waals surface area contributed by atoms with Gasteiger partial charge in [0.1, 0.15) is 0 Å². The fourth-order valence-corrected chi connectivity index (χ4v) is 2.40. The third kappa shape index (κ3) is 2.82. The van der Waals surface area contributed by atoms with Crippen molar-refractivity contribution in [2.24, 2.45) is 11.7 Å². The maximum absolute atomic E-state index is 13.0. The van der Waals surface area contributed by atoms with Crippen LogP contribution in [0.5, 0.6) is 0 Å². The van der Waals surface area contributed by atoms with Crippen molar-refractivity contribution in [1.82, 2.24) is 0 Å². The van der Waals surface area contributed by atoms with Crippen LogP contribution in [-0.2, 0) is 11.2 Å². The van der Waals surface area contributed by atoms with E-state index in [1.54, 1.807) is 6.07 Å². The number of ether oxygens (including phenoxy) is 1. The maximum Gasteiger partial charge on any atom is 0.159 e. The maximum atomic E-state index is 13.0. The summed E-state index contributed by atoms with van der Waals surface area (Å²) in [5, 5.41) is 0. The molecule has 1 aromatic rings. The molecule has 0 aromatic heterocycles. The van der Waals surface area contributed by atoms with Crippen LogP contribution in [0.3, 0.4) is 0 Å². The summed E-state index contributed by atoms with van der Waals surface area (Å²) < 4.78 is 31.3. The first kappa shape index (κ1) is 12.5. The fraction of sp³-hybridized carbons (Fsp3) is 0.538. The molecule has 0 radical (unpaired) electrons. The topological polar surface area (TPSA) is 35.2 Å². The molecule has 1 heterocycles. The van der Waals surface area contributed by atoms with Gasteiger partial charge >= 0.3 is 0 Å².